The van der Waals surface area contributed by atoms with Gasteiger partial charge in [0.15, 0.2) is 10.3 Å². The Morgan fingerprint density at radius 3 is 1.27 bits per heavy atom. The second-order valence-corrected chi connectivity index (χ2v) is 15.1. The lowest BCUT2D eigenvalue weighted by molar-refractivity contribution is -0.119. The van der Waals surface area contributed by atoms with Crippen LogP contribution in [0.2, 0.25) is 0 Å². The number of nitrogens with two attached hydrogens (primary N) is 4. The van der Waals surface area contributed by atoms with Crippen LogP contribution in [0.25, 0.3) is 0 Å². The zero-order valence-corrected chi connectivity index (χ0v) is 34.7. The number of carboxylic acid groups (broad SMARTS) is 1. The highest BCUT2D eigenvalue weighted by atomic mass is 32.1. The topological polar surface area (TPSA) is 268 Å². The van der Waals surface area contributed by atoms with E-state index in [-0.39, 0.29) is 49.4 Å². The zero-order chi connectivity index (χ0) is 45.4. The molecule has 4 aromatic carbocycles. The molecule has 9 N–H and O–H groups in total. The molecule has 0 fully saturated rings. The highest BCUT2D eigenvalue weighted by Gasteiger charge is 2.29. The number of ether oxygens (including phenoxy) is 1. The molecule has 2 atom stereocenters. The van der Waals surface area contributed by atoms with Gasteiger partial charge >= 0.3 is 11.9 Å². The maximum Gasteiger partial charge on any atom is 0.338 e. The molecular weight excluding hydrogens is 847 g/mol. The van der Waals surface area contributed by atoms with Crippen molar-refractivity contribution in [3.63, 3.8) is 0 Å². The number of anilines is 6. The van der Waals surface area contributed by atoms with Gasteiger partial charge in [-0.1, -0.05) is 46.9 Å². The predicted molar refractivity (Wildman–Crippen MR) is 230 cm³/mol. The molecule has 0 radical (unpaired) electrons. The molecule has 0 aliphatic rings. The molecule has 0 saturated heterocycles. The number of carbonyl (C=O) groups excluding carboxylic acids is 5. The standard InChI is InChI=1S/C22H21FN4O4S.C20H17FN4O4S/c1-3-31-21(30)14-6-4-13(5-7-14)17(28)18-19(24)26-22(32-18)27(12(2)20(25)29)16-10-8-15(23)9-11-16;1-10(18(23)27)25(14-8-6-13(21)7-9-14)20-24-17(22)16(30-20)15(26)11-2-4-12(5-3-11)19(28)29/h4-12H,3,24H2,1-2H3,(H2,25,29);2-10H,22H2,1H3,(H2,23,27)(H,28,29)/t12-;10-/m11/s1. The molecule has 16 nitrogen and oxygen atoms in total. The van der Waals surface area contributed by atoms with Crippen LogP contribution >= 0.6 is 22.7 Å². The van der Waals surface area contributed by atoms with Gasteiger partial charge in [-0.3, -0.25) is 19.2 Å². The highest BCUT2D eigenvalue weighted by Crippen LogP contribution is 2.37. The Kier molecular flexibility index (Phi) is 14.4. The number of benzene rings is 4. The van der Waals surface area contributed by atoms with Gasteiger partial charge in [-0.05, 0) is 93.6 Å². The van der Waals surface area contributed by atoms with Gasteiger partial charge in [0.25, 0.3) is 0 Å². The summed E-state index contributed by atoms with van der Waals surface area (Å²) in [7, 11) is 0. The normalized spacial score (nSPS) is 11.6. The molecule has 0 aliphatic heterocycles. The smallest absolute Gasteiger partial charge is 0.338 e. The number of thiazole rings is 2. The van der Waals surface area contributed by atoms with Crippen molar-refractivity contribution < 1.29 is 47.4 Å². The quantitative estimate of drug-likeness (QED) is 0.0577. The summed E-state index contributed by atoms with van der Waals surface area (Å²) in [5.41, 5.74) is 24.7. The minimum atomic E-state index is -1.11. The van der Waals surface area contributed by atoms with E-state index in [9.17, 15) is 37.5 Å². The number of rotatable bonds is 15. The minimum absolute atomic E-state index is 0.0201. The Labute approximate surface area is 360 Å². The van der Waals surface area contributed by atoms with Crippen LogP contribution in [0.5, 0.6) is 0 Å². The van der Waals surface area contributed by atoms with E-state index in [1.165, 1.54) is 107 Å². The number of amides is 2. The van der Waals surface area contributed by atoms with Crippen molar-refractivity contribution in [3.8, 4) is 0 Å². The molecule has 6 rings (SSSR count). The van der Waals surface area contributed by atoms with E-state index in [4.69, 9.17) is 32.8 Å². The lowest BCUT2D eigenvalue weighted by atomic mass is 10.1. The van der Waals surface area contributed by atoms with E-state index in [0.717, 1.165) is 22.7 Å². The number of esters is 1. The minimum Gasteiger partial charge on any atom is -0.478 e. The van der Waals surface area contributed by atoms with Crippen molar-refractivity contribution >= 4 is 91.3 Å². The van der Waals surface area contributed by atoms with Crippen LogP contribution in [0.4, 0.5) is 42.1 Å². The number of carbonyl (C=O) groups is 6. The number of ketones is 2. The molecule has 0 aliphatic carbocycles. The Bertz CT molecular complexity index is 2620. The van der Waals surface area contributed by atoms with Gasteiger partial charge in [-0.15, -0.1) is 0 Å². The van der Waals surface area contributed by atoms with Gasteiger partial charge < -0.3 is 42.6 Å². The number of halogens is 2. The molecule has 2 aromatic heterocycles. The Hall–Kier alpha value is -7.58. The van der Waals surface area contributed by atoms with Crippen molar-refractivity contribution in [2.45, 2.75) is 32.9 Å². The predicted octanol–water partition coefficient (Wildman–Crippen LogP) is 6.09. The Morgan fingerprint density at radius 2 is 0.952 bits per heavy atom. The molecule has 0 spiro atoms. The summed E-state index contributed by atoms with van der Waals surface area (Å²) in [4.78, 5) is 84.1. The molecule has 0 bridgehead atoms. The third-order valence-electron chi connectivity index (χ3n) is 8.97. The van der Waals surface area contributed by atoms with Crippen LogP contribution < -0.4 is 32.7 Å². The average Bonchev–Trinajstić information content (AvgIpc) is 3.83. The summed E-state index contributed by atoms with van der Waals surface area (Å²) < 4.78 is 31.6. The van der Waals surface area contributed by atoms with Crippen LogP contribution in [-0.2, 0) is 14.3 Å². The number of carboxylic acids is 1. The summed E-state index contributed by atoms with van der Waals surface area (Å²) in [6, 6.07) is 20.5. The summed E-state index contributed by atoms with van der Waals surface area (Å²) in [6.45, 7) is 5.07. The third kappa shape index (κ3) is 10.4. The summed E-state index contributed by atoms with van der Waals surface area (Å²) >= 11 is 1.93. The SMILES string of the molecule is CCOC(=O)c1ccc(C(=O)c2sc(N(c3ccc(F)cc3)[C@H](C)C(N)=O)nc2N)cc1.C[C@H](C(N)=O)N(c1ccc(F)cc1)c1nc(N)c(C(=O)c2ccc(C(=O)O)cc2)s1. The molecule has 2 amide bonds. The molecule has 320 valence electrons. The number of hydrogen-bond donors (Lipinski definition) is 5. The van der Waals surface area contributed by atoms with Crippen LogP contribution in [0.1, 0.15) is 72.0 Å². The molecule has 0 unspecified atom stereocenters. The van der Waals surface area contributed by atoms with Crippen molar-refractivity contribution in [2.24, 2.45) is 11.5 Å². The summed E-state index contributed by atoms with van der Waals surface area (Å²) in [6.07, 6.45) is 0. The van der Waals surface area contributed by atoms with Gasteiger partial charge in [-0.25, -0.2) is 28.3 Å². The van der Waals surface area contributed by atoms with Crippen LogP contribution in [-0.4, -0.2) is 69.1 Å². The fraction of sp³-hybridized carbons (Fsp3) is 0.143. The molecule has 20 heteroatoms. The van der Waals surface area contributed by atoms with Gasteiger partial charge in [0.2, 0.25) is 23.4 Å². The fourth-order valence-electron chi connectivity index (χ4n) is 5.63. The molecule has 62 heavy (non-hydrogen) atoms. The van der Waals surface area contributed by atoms with E-state index in [0.29, 0.717) is 22.5 Å². The average molecular weight is 885 g/mol. The number of primary amides is 2. The lowest BCUT2D eigenvalue weighted by Crippen LogP contribution is -2.39. The second kappa shape index (κ2) is 19.7. The fourth-order valence-corrected chi connectivity index (χ4v) is 7.73. The third-order valence-corrected chi connectivity index (χ3v) is 11.1. The molecule has 6 aromatic rings. The maximum atomic E-state index is 13.4. The first-order chi connectivity index (χ1) is 29.4. The Morgan fingerprint density at radius 1 is 0.613 bits per heavy atom. The second-order valence-electron chi connectivity index (χ2n) is 13.1. The van der Waals surface area contributed by atoms with Crippen molar-refractivity contribution in [1.29, 1.82) is 0 Å². The van der Waals surface area contributed by atoms with Gasteiger partial charge in [0, 0.05) is 22.5 Å². The molecule has 2 heterocycles. The largest absolute Gasteiger partial charge is 0.478 e. The number of hydrogen-bond acceptors (Lipinski definition) is 15. The maximum absolute atomic E-state index is 13.4. The number of nitrogens with zero attached hydrogens (tertiary/aromatic N) is 4. The van der Waals surface area contributed by atoms with E-state index < -0.39 is 59.0 Å². The van der Waals surface area contributed by atoms with Crippen LogP contribution in [0.3, 0.4) is 0 Å². The highest BCUT2D eigenvalue weighted by molar-refractivity contribution is 7.18. The van der Waals surface area contributed by atoms with E-state index in [1.807, 2.05) is 0 Å². The lowest BCUT2D eigenvalue weighted by Gasteiger charge is -2.26. The zero-order valence-electron chi connectivity index (χ0n) is 33.1. The monoisotopic (exact) mass is 884 g/mol. The molecule has 0 saturated carbocycles. The summed E-state index contributed by atoms with van der Waals surface area (Å²) in [5.74, 6) is -4.68. The van der Waals surface area contributed by atoms with Gasteiger partial charge in [-0.2, -0.15) is 0 Å². The van der Waals surface area contributed by atoms with E-state index in [2.05, 4.69) is 9.97 Å². The number of nitrogen functional groups attached to an aromatic ring is 2. The van der Waals surface area contributed by atoms with Crippen molar-refractivity contribution in [3.05, 3.63) is 141 Å². The van der Waals surface area contributed by atoms with Crippen molar-refractivity contribution in [1.82, 2.24) is 9.97 Å². The van der Waals surface area contributed by atoms with E-state index in [1.54, 1.807) is 20.8 Å². The molecular formula is C42H38F2N8O8S2. The number of aromatic carboxylic acids is 1. The van der Waals surface area contributed by atoms with E-state index >= 15 is 0 Å². The summed E-state index contributed by atoms with van der Waals surface area (Å²) in [5, 5.41) is 9.47. The Balaban J connectivity index is 0.000000235. The van der Waals surface area contributed by atoms with Gasteiger partial charge in [0.05, 0.1) is 17.7 Å². The van der Waals surface area contributed by atoms with Crippen LogP contribution in [0, 0.1) is 11.6 Å². The van der Waals surface area contributed by atoms with Gasteiger partial charge in [0.1, 0.15) is 45.1 Å². The van der Waals surface area contributed by atoms with Crippen LogP contribution in [0.15, 0.2) is 97.1 Å². The number of aromatic nitrogens is 2. The first-order valence-electron chi connectivity index (χ1n) is 18.3. The first kappa shape index (κ1) is 45.5. The van der Waals surface area contributed by atoms with Crippen molar-refractivity contribution in [2.75, 3.05) is 27.9 Å². The first-order valence-corrected chi connectivity index (χ1v) is 20.0.